The SMILES string of the molecule is Cc1cc(C(C)(C)C)cc(B2OC(C)(C)C(C)(C)O2)c1OC(F)F. The van der Waals surface area contributed by atoms with E-state index in [0.717, 1.165) is 5.56 Å². The van der Waals surface area contributed by atoms with Crippen molar-refractivity contribution in [2.24, 2.45) is 0 Å². The van der Waals surface area contributed by atoms with Gasteiger partial charge in [0.2, 0.25) is 0 Å². The summed E-state index contributed by atoms with van der Waals surface area (Å²) in [5.41, 5.74) is 0.946. The number of rotatable bonds is 3. The zero-order chi connectivity index (χ0) is 18.5. The topological polar surface area (TPSA) is 27.7 Å². The summed E-state index contributed by atoms with van der Waals surface area (Å²) in [6, 6.07) is 3.74. The van der Waals surface area contributed by atoms with Crippen molar-refractivity contribution < 1.29 is 22.8 Å². The Morgan fingerprint density at radius 2 is 1.54 bits per heavy atom. The lowest BCUT2D eigenvalue weighted by molar-refractivity contribution is -0.0497. The number of benzene rings is 1. The van der Waals surface area contributed by atoms with Crippen LogP contribution in [0, 0.1) is 6.92 Å². The van der Waals surface area contributed by atoms with Crippen LogP contribution in [-0.2, 0) is 14.7 Å². The van der Waals surface area contributed by atoms with Gasteiger partial charge in [-0.1, -0.05) is 32.9 Å². The molecule has 1 aromatic rings. The maximum Gasteiger partial charge on any atom is 0.498 e. The lowest BCUT2D eigenvalue weighted by atomic mass is 9.73. The third-order valence-electron chi connectivity index (χ3n) is 4.88. The molecule has 3 nitrogen and oxygen atoms in total. The third-order valence-corrected chi connectivity index (χ3v) is 4.88. The Morgan fingerprint density at radius 3 is 1.96 bits per heavy atom. The van der Waals surface area contributed by atoms with Crippen LogP contribution in [0.2, 0.25) is 0 Å². The van der Waals surface area contributed by atoms with Crippen LogP contribution >= 0.6 is 0 Å². The van der Waals surface area contributed by atoms with Crippen molar-refractivity contribution in [3.05, 3.63) is 23.3 Å². The smallest absolute Gasteiger partial charge is 0.435 e. The van der Waals surface area contributed by atoms with Gasteiger partial charge in [-0.25, -0.2) is 0 Å². The lowest BCUT2D eigenvalue weighted by Crippen LogP contribution is -2.41. The van der Waals surface area contributed by atoms with E-state index in [1.54, 1.807) is 6.92 Å². The van der Waals surface area contributed by atoms with E-state index in [1.165, 1.54) is 0 Å². The normalized spacial score (nSPS) is 19.9. The molecule has 24 heavy (non-hydrogen) atoms. The van der Waals surface area contributed by atoms with Crippen LogP contribution in [0.4, 0.5) is 8.78 Å². The van der Waals surface area contributed by atoms with Crippen molar-refractivity contribution in [3.63, 3.8) is 0 Å². The molecule has 1 aliphatic rings. The van der Waals surface area contributed by atoms with Crippen molar-refractivity contribution in [2.75, 3.05) is 0 Å². The average Bonchev–Trinajstić information content (AvgIpc) is 2.58. The number of ether oxygens (including phenoxy) is 1. The van der Waals surface area contributed by atoms with Crippen LogP contribution < -0.4 is 10.2 Å². The van der Waals surface area contributed by atoms with Crippen LogP contribution in [-0.4, -0.2) is 24.9 Å². The summed E-state index contributed by atoms with van der Waals surface area (Å²) in [5.74, 6) is 0.136. The minimum atomic E-state index is -2.90. The van der Waals surface area contributed by atoms with Crippen molar-refractivity contribution >= 4 is 12.6 Å². The quantitative estimate of drug-likeness (QED) is 0.772. The zero-order valence-electron chi connectivity index (χ0n) is 15.8. The maximum atomic E-state index is 12.9. The molecule has 0 aromatic heterocycles. The molecule has 1 heterocycles. The van der Waals surface area contributed by atoms with E-state index in [4.69, 9.17) is 14.0 Å². The van der Waals surface area contributed by atoms with E-state index in [-0.39, 0.29) is 11.2 Å². The standard InChI is InChI=1S/C18H27BF2O3/c1-11-9-12(16(2,3)4)10-13(14(11)22-15(20)21)19-23-17(5,6)18(7,8)24-19/h9-10,15H,1-8H3. The fraction of sp³-hybridized carbons (Fsp3) is 0.667. The van der Waals surface area contributed by atoms with Crippen molar-refractivity contribution in [1.82, 2.24) is 0 Å². The van der Waals surface area contributed by atoms with Gasteiger partial charge in [-0.2, -0.15) is 8.78 Å². The van der Waals surface area contributed by atoms with Gasteiger partial charge in [-0.15, -0.1) is 0 Å². The summed E-state index contributed by atoms with van der Waals surface area (Å²) in [6.45, 7) is 12.8. The van der Waals surface area contributed by atoms with Gasteiger partial charge in [-0.3, -0.25) is 0 Å². The van der Waals surface area contributed by atoms with E-state index in [0.29, 0.717) is 11.0 Å². The predicted octanol–water partition coefficient (Wildman–Crippen LogP) is 4.19. The fourth-order valence-corrected chi connectivity index (χ4v) is 2.63. The molecule has 1 fully saturated rings. The van der Waals surface area contributed by atoms with Gasteiger partial charge in [0.15, 0.2) is 0 Å². The Bertz CT molecular complexity index is 605. The van der Waals surface area contributed by atoms with Crippen molar-refractivity contribution in [2.45, 2.75) is 78.6 Å². The average molecular weight is 340 g/mol. The van der Waals surface area contributed by atoms with Gasteiger partial charge in [0, 0.05) is 5.46 Å². The minimum absolute atomic E-state index is 0.132. The van der Waals surface area contributed by atoms with E-state index in [1.807, 2.05) is 39.8 Å². The molecule has 2 rings (SSSR count). The van der Waals surface area contributed by atoms with Gasteiger partial charge in [0.1, 0.15) is 5.75 Å². The molecule has 0 bridgehead atoms. The number of alkyl halides is 2. The molecule has 0 N–H and O–H groups in total. The van der Waals surface area contributed by atoms with Crippen LogP contribution in [0.25, 0.3) is 0 Å². The van der Waals surface area contributed by atoms with Crippen molar-refractivity contribution in [1.29, 1.82) is 0 Å². The Hall–Kier alpha value is -1.14. The molecule has 0 aliphatic carbocycles. The van der Waals surface area contributed by atoms with E-state index >= 15 is 0 Å². The van der Waals surface area contributed by atoms with E-state index in [9.17, 15) is 8.78 Å². The molecular weight excluding hydrogens is 313 g/mol. The summed E-state index contributed by atoms with van der Waals surface area (Å²) in [6.07, 6.45) is 0. The van der Waals surface area contributed by atoms with Gasteiger partial charge in [-0.05, 0) is 51.2 Å². The Labute approximate surface area is 143 Å². The highest BCUT2D eigenvalue weighted by Gasteiger charge is 2.52. The summed E-state index contributed by atoms with van der Waals surface area (Å²) < 4.78 is 42.7. The first-order valence-electron chi connectivity index (χ1n) is 8.20. The summed E-state index contributed by atoms with van der Waals surface area (Å²) in [7, 11) is -0.746. The van der Waals surface area contributed by atoms with Crippen LogP contribution in [0.15, 0.2) is 12.1 Å². The Balaban J connectivity index is 2.56. The number of aryl methyl sites for hydroxylation is 1. The summed E-state index contributed by atoms with van der Waals surface area (Å²) in [5, 5.41) is 0. The summed E-state index contributed by atoms with van der Waals surface area (Å²) in [4.78, 5) is 0. The highest BCUT2D eigenvalue weighted by molar-refractivity contribution is 6.63. The maximum absolute atomic E-state index is 12.9. The molecule has 0 atom stereocenters. The molecule has 1 aliphatic heterocycles. The predicted molar refractivity (Wildman–Crippen MR) is 92.2 cm³/mol. The first kappa shape index (κ1) is 19.2. The Morgan fingerprint density at radius 1 is 1.04 bits per heavy atom. The van der Waals surface area contributed by atoms with Gasteiger partial charge in [0.25, 0.3) is 0 Å². The second-order valence-electron chi connectivity index (χ2n) is 8.43. The second kappa shape index (κ2) is 5.99. The number of hydrogen-bond acceptors (Lipinski definition) is 3. The van der Waals surface area contributed by atoms with Gasteiger partial charge in [0.05, 0.1) is 11.2 Å². The number of halogens is 2. The molecule has 0 saturated carbocycles. The van der Waals surface area contributed by atoms with Crippen LogP contribution in [0.5, 0.6) is 5.75 Å². The molecule has 1 saturated heterocycles. The van der Waals surface area contributed by atoms with Crippen LogP contribution in [0.3, 0.4) is 0 Å². The number of hydrogen-bond donors (Lipinski definition) is 0. The molecule has 0 unspecified atom stereocenters. The molecule has 0 amide bonds. The first-order chi connectivity index (χ1) is 10.7. The Kier molecular flexibility index (Phi) is 4.79. The van der Waals surface area contributed by atoms with E-state index in [2.05, 4.69) is 20.8 Å². The molecule has 134 valence electrons. The lowest BCUT2D eigenvalue weighted by Gasteiger charge is -2.32. The molecule has 1 aromatic carbocycles. The zero-order valence-corrected chi connectivity index (χ0v) is 15.8. The van der Waals surface area contributed by atoms with Crippen molar-refractivity contribution in [3.8, 4) is 5.75 Å². The largest absolute Gasteiger partial charge is 0.498 e. The fourth-order valence-electron chi connectivity index (χ4n) is 2.63. The highest BCUT2D eigenvalue weighted by Crippen LogP contribution is 2.38. The van der Waals surface area contributed by atoms with E-state index < -0.39 is 24.9 Å². The third kappa shape index (κ3) is 3.59. The molecule has 0 radical (unpaired) electrons. The monoisotopic (exact) mass is 340 g/mol. The van der Waals surface area contributed by atoms with Gasteiger partial charge >= 0.3 is 13.7 Å². The second-order valence-corrected chi connectivity index (χ2v) is 8.43. The molecular formula is C18H27BF2O3. The van der Waals surface area contributed by atoms with Gasteiger partial charge < -0.3 is 14.0 Å². The molecule has 6 heteroatoms. The first-order valence-corrected chi connectivity index (χ1v) is 8.20. The van der Waals surface area contributed by atoms with Crippen LogP contribution in [0.1, 0.15) is 59.6 Å². The summed E-state index contributed by atoms with van der Waals surface area (Å²) >= 11 is 0. The highest BCUT2D eigenvalue weighted by atomic mass is 19.3. The minimum Gasteiger partial charge on any atom is -0.435 e. The molecule has 0 spiro atoms.